The molecule has 7 heteroatoms. The molecule has 30 heavy (non-hydrogen) atoms. The van der Waals surface area contributed by atoms with E-state index >= 15 is 0 Å². The summed E-state index contributed by atoms with van der Waals surface area (Å²) in [4.78, 5) is 2.36. The van der Waals surface area contributed by atoms with Crippen molar-refractivity contribution in [2.45, 2.75) is 25.3 Å². The van der Waals surface area contributed by atoms with Crippen LogP contribution in [0.15, 0.2) is 42.6 Å². The van der Waals surface area contributed by atoms with Gasteiger partial charge in [0.05, 0.1) is 11.8 Å². The van der Waals surface area contributed by atoms with Crippen molar-refractivity contribution in [2.75, 3.05) is 26.3 Å². The lowest BCUT2D eigenvalue weighted by atomic mass is 9.90. The normalized spacial score (nSPS) is 19.1. The number of ether oxygens (including phenoxy) is 2. The number of piperidine rings is 1. The van der Waals surface area contributed by atoms with Crippen molar-refractivity contribution in [1.82, 2.24) is 15.1 Å². The van der Waals surface area contributed by atoms with Crippen molar-refractivity contribution in [3.63, 3.8) is 0 Å². The molecule has 1 saturated heterocycles. The van der Waals surface area contributed by atoms with Crippen molar-refractivity contribution >= 4 is 0 Å². The van der Waals surface area contributed by atoms with Gasteiger partial charge in [-0.15, -0.1) is 0 Å². The Bertz CT molecular complexity index is 1030. The maximum Gasteiger partial charge on any atom is 0.161 e. The molecule has 0 bridgehead atoms. The quantitative estimate of drug-likeness (QED) is 0.687. The highest BCUT2D eigenvalue weighted by atomic mass is 19.1. The molecule has 156 valence electrons. The van der Waals surface area contributed by atoms with Crippen LogP contribution < -0.4 is 9.47 Å². The van der Waals surface area contributed by atoms with Crippen molar-refractivity contribution in [1.29, 1.82) is 0 Å². The molecule has 0 amide bonds. The molecule has 0 aliphatic carbocycles. The van der Waals surface area contributed by atoms with E-state index in [1.54, 1.807) is 0 Å². The number of benzene rings is 2. The van der Waals surface area contributed by atoms with Crippen LogP contribution in [0.2, 0.25) is 0 Å². The molecule has 2 aromatic carbocycles. The summed E-state index contributed by atoms with van der Waals surface area (Å²) >= 11 is 0. The van der Waals surface area contributed by atoms with Crippen LogP contribution in [0.5, 0.6) is 11.5 Å². The predicted molar refractivity (Wildman–Crippen MR) is 109 cm³/mol. The van der Waals surface area contributed by atoms with Gasteiger partial charge in [0, 0.05) is 30.3 Å². The van der Waals surface area contributed by atoms with Crippen LogP contribution in [0.25, 0.3) is 11.1 Å². The van der Waals surface area contributed by atoms with Gasteiger partial charge in [-0.05, 0) is 49.2 Å². The van der Waals surface area contributed by atoms with Gasteiger partial charge in [0.2, 0.25) is 0 Å². The fourth-order valence-electron chi connectivity index (χ4n) is 4.44. The molecule has 1 atom stereocenters. The fraction of sp³-hybridized carbons (Fsp3) is 0.348. The molecule has 0 saturated carbocycles. The van der Waals surface area contributed by atoms with Gasteiger partial charge in [-0.1, -0.05) is 12.1 Å². The number of fused-ring (bicyclic) bond motifs is 1. The summed E-state index contributed by atoms with van der Waals surface area (Å²) in [6.45, 7) is 3.69. The first kappa shape index (κ1) is 19.1. The molecule has 2 aliphatic heterocycles. The van der Waals surface area contributed by atoms with Crippen LogP contribution in [0.4, 0.5) is 8.78 Å². The molecule has 0 radical (unpaired) electrons. The van der Waals surface area contributed by atoms with Gasteiger partial charge in [-0.2, -0.15) is 5.10 Å². The summed E-state index contributed by atoms with van der Waals surface area (Å²) in [5.41, 5.74) is 2.46. The van der Waals surface area contributed by atoms with Gasteiger partial charge in [-0.25, -0.2) is 8.78 Å². The molecule has 1 N–H and O–H groups in total. The SMILES string of the molecule is Fc1cccc(F)c1-c1cn[nH]c1[C@@H]1CCCN(Cc2ccc3c(c2)OCCO3)C1. The number of nitrogens with zero attached hydrogens (tertiary/aromatic N) is 2. The van der Waals surface area contributed by atoms with Crippen LogP contribution in [0.1, 0.15) is 30.0 Å². The minimum atomic E-state index is -0.568. The van der Waals surface area contributed by atoms with Crippen molar-refractivity contribution < 1.29 is 18.3 Å². The Morgan fingerprint density at radius 2 is 1.87 bits per heavy atom. The third-order valence-corrected chi connectivity index (χ3v) is 5.83. The molecule has 5 rings (SSSR count). The number of aromatic nitrogens is 2. The number of aromatic amines is 1. The predicted octanol–water partition coefficient (Wildman–Crippen LogP) is 4.51. The second kappa shape index (κ2) is 8.07. The number of halogens is 2. The highest BCUT2D eigenvalue weighted by molar-refractivity contribution is 5.67. The molecule has 3 heterocycles. The minimum Gasteiger partial charge on any atom is -0.486 e. The molecule has 1 fully saturated rings. The standard InChI is InChI=1S/C23H23F2N3O2/c24-18-4-1-5-19(25)22(18)17-12-26-27-23(17)16-3-2-8-28(14-16)13-15-6-7-20-21(11-15)30-10-9-29-20/h1,4-7,11-12,16H,2-3,8-10,13-14H2,(H,26,27)/t16-/m1/s1. The Labute approximate surface area is 173 Å². The summed E-state index contributed by atoms with van der Waals surface area (Å²) in [6.07, 6.45) is 3.48. The lowest BCUT2D eigenvalue weighted by molar-refractivity contribution is 0.170. The second-order valence-corrected chi connectivity index (χ2v) is 7.85. The maximum absolute atomic E-state index is 14.3. The van der Waals surface area contributed by atoms with Crippen molar-refractivity contribution in [3.8, 4) is 22.6 Å². The molecule has 0 spiro atoms. The summed E-state index contributed by atoms with van der Waals surface area (Å²) in [5, 5.41) is 7.11. The third kappa shape index (κ3) is 3.65. The Hall–Kier alpha value is -2.93. The smallest absolute Gasteiger partial charge is 0.161 e. The van der Waals surface area contributed by atoms with Gasteiger partial charge < -0.3 is 9.47 Å². The third-order valence-electron chi connectivity index (χ3n) is 5.83. The number of hydrogen-bond acceptors (Lipinski definition) is 4. The van der Waals surface area contributed by atoms with Gasteiger partial charge in [-0.3, -0.25) is 10.00 Å². The number of likely N-dealkylation sites (tertiary alicyclic amines) is 1. The lowest BCUT2D eigenvalue weighted by Crippen LogP contribution is -2.34. The van der Waals surface area contributed by atoms with E-state index in [2.05, 4.69) is 21.2 Å². The van der Waals surface area contributed by atoms with Crippen LogP contribution in [-0.2, 0) is 6.54 Å². The van der Waals surface area contributed by atoms with E-state index in [0.717, 1.165) is 55.2 Å². The minimum absolute atomic E-state index is 0.00907. The Morgan fingerprint density at radius 1 is 1.07 bits per heavy atom. The van der Waals surface area contributed by atoms with E-state index in [9.17, 15) is 8.78 Å². The number of hydrogen-bond donors (Lipinski definition) is 1. The van der Waals surface area contributed by atoms with E-state index in [-0.39, 0.29) is 11.5 Å². The Morgan fingerprint density at radius 3 is 2.70 bits per heavy atom. The van der Waals surface area contributed by atoms with E-state index < -0.39 is 11.6 Å². The average molecular weight is 411 g/mol. The van der Waals surface area contributed by atoms with Crippen LogP contribution in [0.3, 0.4) is 0 Å². The summed E-state index contributed by atoms with van der Waals surface area (Å²) < 4.78 is 40.0. The van der Waals surface area contributed by atoms with Gasteiger partial charge in [0.1, 0.15) is 24.8 Å². The van der Waals surface area contributed by atoms with Crippen molar-refractivity contribution in [2.24, 2.45) is 0 Å². The highest BCUT2D eigenvalue weighted by Crippen LogP contribution is 2.36. The van der Waals surface area contributed by atoms with Crippen LogP contribution in [0, 0.1) is 11.6 Å². The molecule has 3 aromatic rings. The van der Waals surface area contributed by atoms with Crippen molar-refractivity contribution in [3.05, 3.63) is 65.5 Å². The van der Waals surface area contributed by atoms with E-state index in [1.165, 1.54) is 24.4 Å². The largest absolute Gasteiger partial charge is 0.486 e. The fourth-order valence-corrected chi connectivity index (χ4v) is 4.44. The van der Waals surface area contributed by atoms with Gasteiger partial charge >= 0.3 is 0 Å². The zero-order valence-electron chi connectivity index (χ0n) is 16.5. The zero-order valence-corrected chi connectivity index (χ0v) is 16.5. The van der Waals surface area contributed by atoms with E-state index in [0.29, 0.717) is 18.8 Å². The van der Waals surface area contributed by atoms with Gasteiger partial charge in [0.25, 0.3) is 0 Å². The molecular weight excluding hydrogens is 388 g/mol. The molecule has 0 unspecified atom stereocenters. The Balaban J connectivity index is 1.35. The summed E-state index contributed by atoms with van der Waals surface area (Å²) in [6, 6.07) is 10.00. The monoisotopic (exact) mass is 411 g/mol. The summed E-state index contributed by atoms with van der Waals surface area (Å²) in [5.74, 6) is 0.574. The molecule has 2 aliphatic rings. The topological polar surface area (TPSA) is 50.4 Å². The highest BCUT2D eigenvalue weighted by Gasteiger charge is 2.27. The number of rotatable bonds is 4. The lowest BCUT2D eigenvalue weighted by Gasteiger charge is -2.33. The number of nitrogens with one attached hydrogen (secondary N) is 1. The number of H-pyrrole nitrogens is 1. The van der Waals surface area contributed by atoms with Crippen LogP contribution >= 0.6 is 0 Å². The first-order chi connectivity index (χ1) is 14.7. The average Bonchev–Trinajstić information content (AvgIpc) is 3.23. The second-order valence-electron chi connectivity index (χ2n) is 7.85. The summed E-state index contributed by atoms with van der Waals surface area (Å²) in [7, 11) is 0. The van der Waals surface area contributed by atoms with E-state index in [4.69, 9.17) is 9.47 Å². The molecular formula is C23H23F2N3O2. The maximum atomic E-state index is 14.3. The first-order valence-corrected chi connectivity index (χ1v) is 10.3. The Kier molecular flexibility index (Phi) is 5.12. The molecule has 5 nitrogen and oxygen atoms in total. The molecule has 1 aromatic heterocycles. The first-order valence-electron chi connectivity index (χ1n) is 10.3. The van der Waals surface area contributed by atoms with E-state index in [1.807, 2.05) is 12.1 Å². The van der Waals surface area contributed by atoms with Crippen LogP contribution in [-0.4, -0.2) is 41.4 Å². The van der Waals surface area contributed by atoms with Gasteiger partial charge in [0.15, 0.2) is 11.5 Å². The zero-order chi connectivity index (χ0) is 20.5.